The van der Waals surface area contributed by atoms with Crippen LogP contribution < -0.4 is 14.2 Å². The monoisotopic (exact) mass is 624 g/mol. The molecular formula is C29H36O15. The van der Waals surface area contributed by atoms with Crippen molar-refractivity contribution in [1.29, 1.82) is 0 Å². The standard InChI is InChI=1S/C29H36O15/c1-11-19(31)22(34)24(36)28(41-11)40-10-17-20(32)23(35)25(37)29(43-17)44-27-21(33)18-15(39-3)5-4-6-16(18)42-26(27)12-7-8-14(38-2)13(30)9-12/h4-9,11,17,19-20,22-32,34-37H,10H2,1-3H3. The molecule has 15 nitrogen and oxygen atoms in total. The molecule has 44 heavy (non-hydrogen) atoms. The quantitative estimate of drug-likeness (QED) is 0.183. The summed E-state index contributed by atoms with van der Waals surface area (Å²) in [5.41, 5.74) is 0.359. The number of benzene rings is 2. The van der Waals surface area contributed by atoms with E-state index < -0.39 is 86.0 Å². The van der Waals surface area contributed by atoms with Crippen molar-refractivity contribution < 1.29 is 73.7 Å². The average molecular weight is 625 g/mol. The zero-order valence-electron chi connectivity index (χ0n) is 24.0. The van der Waals surface area contributed by atoms with Crippen LogP contribution >= 0.6 is 0 Å². The van der Waals surface area contributed by atoms with Gasteiger partial charge in [0.15, 0.2) is 36.3 Å². The largest absolute Gasteiger partial charge is 0.504 e. The summed E-state index contributed by atoms with van der Waals surface area (Å²) in [4.78, 5) is 13.9. The van der Waals surface area contributed by atoms with E-state index in [4.69, 9.17) is 33.2 Å². The van der Waals surface area contributed by atoms with Gasteiger partial charge >= 0.3 is 0 Å². The minimum atomic E-state index is -1.84. The number of hydrogen-bond donors (Lipinski definition) is 7. The number of carbonyl (C=O) groups excluding carboxylic acids is 1. The number of fused-ring (bicyclic) bond motifs is 1. The molecule has 12 unspecified atom stereocenters. The highest BCUT2D eigenvalue weighted by molar-refractivity contribution is 6.05. The molecule has 15 heteroatoms. The van der Waals surface area contributed by atoms with E-state index in [1.165, 1.54) is 33.3 Å². The van der Waals surface area contributed by atoms with E-state index in [-0.39, 0.29) is 28.6 Å². The fraction of sp³-hybridized carbons (Fsp3) is 0.552. The summed E-state index contributed by atoms with van der Waals surface area (Å²) >= 11 is 0. The summed E-state index contributed by atoms with van der Waals surface area (Å²) in [5.74, 6) is -0.316. The summed E-state index contributed by atoms with van der Waals surface area (Å²) in [5, 5.41) is 72.7. The lowest BCUT2D eigenvalue weighted by Crippen LogP contribution is -2.62. The molecule has 2 aromatic rings. The van der Waals surface area contributed by atoms with Gasteiger partial charge in [-0.1, -0.05) is 12.1 Å². The van der Waals surface area contributed by atoms with Crippen molar-refractivity contribution in [2.45, 2.75) is 80.5 Å². The lowest BCUT2D eigenvalue weighted by Gasteiger charge is -2.44. The Morgan fingerprint density at radius 3 is 2.16 bits per heavy atom. The van der Waals surface area contributed by atoms with Crippen LogP contribution in [-0.4, -0.2) is 130 Å². The van der Waals surface area contributed by atoms with Crippen LogP contribution in [0.2, 0.25) is 0 Å². The number of phenols is 1. The predicted octanol–water partition coefficient (Wildman–Crippen LogP) is -1.24. The zero-order chi connectivity index (χ0) is 31.9. The van der Waals surface area contributed by atoms with Gasteiger partial charge in [0.05, 0.1) is 26.9 Å². The molecule has 3 aliphatic heterocycles. The Morgan fingerprint density at radius 2 is 1.48 bits per heavy atom. The summed E-state index contributed by atoms with van der Waals surface area (Å²) in [6.07, 6.45) is -18.1. The van der Waals surface area contributed by atoms with Gasteiger partial charge in [0.25, 0.3) is 0 Å². The van der Waals surface area contributed by atoms with Gasteiger partial charge < -0.3 is 68.9 Å². The molecule has 0 radical (unpaired) electrons. The molecule has 5 rings (SSSR count). The summed E-state index contributed by atoms with van der Waals surface area (Å²) in [6.45, 7) is 0.936. The molecule has 12 atom stereocenters. The van der Waals surface area contributed by atoms with Crippen molar-refractivity contribution in [1.82, 2.24) is 0 Å². The smallest absolute Gasteiger partial charge is 0.203 e. The van der Waals surface area contributed by atoms with Crippen LogP contribution in [-0.2, 0) is 18.9 Å². The van der Waals surface area contributed by atoms with Crippen molar-refractivity contribution in [2.75, 3.05) is 20.8 Å². The summed E-state index contributed by atoms with van der Waals surface area (Å²) in [7, 11) is 2.74. The van der Waals surface area contributed by atoms with Crippen molar-refractivity contribution >= 4 is 5.78 Å². The van der Waals surface area contributed by atoms with Crippen LogP contribution in [0.1, 0.15) is 28.9 Å². The Labute approximate surface area is 251 Å². The first-order chi connectivity index (χ1) is 21.0. The molecule has 3 aliphatic rings. The number of ketones is 1. The topological polar surface area (TPSA) is 223 Å². The van der Waals surface area contributed by atoms with Gasteiger partial charge in [-0.25, -0.2) is 0 Å². The fourth-order valence-electron chi connectivity index (χ4n) is 5.41. The minimum Gasteiger partial charge on any atom is -0.504 e. The van der Waals surface area contributed by atoms with Gasteiger partial charge in [-0.3, -0.25) is 4.79 Å². The van der Waals surface area contributed by atoms with Crippen LogP contribution in [0.15, 0.2) is 36.4 Å². The number of hydrogen-bond acceptors (Lipinski definition) is 15. The van der Waals surface area contributed by atoms with Crippen LogP contribution in [0, 0.1) is 0 Å². The molecule has 0 bridgehead atoms. The summed E-state index contributed by atoms with van der Waals surface area (Å²) < 4.78 is 39.3. The highest BCUT2D eigenvalue weighted by Gasteiger charge is 2.50. The molecule has 0 aliphatic carbocycles. The third-order valence-corrected chi connectivity index (χ3v) is 7.96. The number of rotatable bonds is 8. The molecule has 0 aromatic heterocycles. The predicted molar refractivity (Wildman–Crippen MR) is 145 cm³/mol. The third kappa shape index (κ3) is 5.95. The molecule has 2 saturated heterocycles. The van der Waals surface area contributed by atoms with E-state index in [9.17, 15) is 40.5 Å². The third-order valence-electron chi connectivity index (χ3n) is 7.96. The van der Waals surface area contributed by atoms with E-state index >= 15 is 0 Å². The van der Waals surface area contributed by atoms with E-state index in [1.54, 1.807) is 24.3 Å². The number of Topliss-reactive ketones (excluding diaryl/α,β-unsaturated/α-hetero) is 1. The van der Waals surface area contributed by atoms with Gasteiger partial charge in [-0.2, -0.15) is 0 Å². The fourth-order valence-corrected chi connectivity index (χ4v) is 5.41. The highest BCUT2D eigenvalue weighted by atomic mass is 16.7. The Hall–Kier alpha value is -3.09. The van der Waals surface area contributed by atoms with Crippen molar-refractivity contribution in [3.05, 3.63) is 47.5 Å². The SMILES string of the molecule is COc1ccc(C2Oc3cccc(OC)c3C(=O)C2OC2OC(COC3OC(C)C(O)C(O)C3O)C(O)C(O)C2O)cc1O. The second kappa shape index (κ2) is 13.1. The van der Waals surface area contributed by atoms with Crippen LogP contribution in [0.3, 0.4) is 0 Å². The number of aliphatic hydroxyl groups is 6. The van der Waals surface area contributed by atoms with E-state index in [0.717, 1.165) is 0 Å². The summed E-state index contributed by atoms with van der Waals surface area (Å²) in [6, 6.07) is 9.07. The molecule has 2 fully saturated rings. The minimum absolute atomic E-state index is 0.0537. The molecular weight excluding hydrogens is 588 g/mol. The van der Waals surface area contributed by atoms with Crippen molar-refractivity contribution in [3.8, 4) is 23.0 Å². The molecule has 0 saturated carbocycles. The average Bonchev–Trinajstić information content (AvgIpc) is 3.02. The van der Waals surface area contributed by atoms with E-state index in [0.29, 0.717) is 5.56 Å². The van der Waals surface area contributed by atoms with Gasteiger partial charge in [-0.05, 0) is 36.8 Å². The molecule has 0 spiro atoms. The number of carbonyl (C=O) groups is 1. The second-order valence-electron chi connectivity index (χ2n) is 10.8. The van der Waals surface area contributed by atoms with Gasteiger partial charge in [-0.15, -0.1) is 0 Å². The van der Waals surface area contributed by atoms with E-state index in [1.807, 2.05) is 0 Å². The first kappa shape index (κ1) is 32.3. The molecule has 0 amide bonds. The van der Waals surface area contributed by atoms with Gasteiger partial charge in [0.1, 0.15) is 59.8 Å². The number of ether oxygens (including phenoxy) is 7. The van der Waals surface area contributed by atoms with Gasteiger partial charge in [0.2, 0.25) is 5.78 Å². The first-order valence-electron chi connectivity index (χ1n) is 13.9. The van der Waals surface area contributed by atoms with Crippen LogP contribution in [0.25, 0.3) is 0 Å². The van der Waals surface area contributed by atoms with Crippen LogP contribution in [0.5, 0.6) is 23.0 Å². The Kier molecular flexibility index (Phi) is 9.62. The second-order valence-corrected chi connectivity index (χ2v) is 10.8. The number of aromatic hydroxyl groups is 1. The number of phenolic OH excluding ortho intramolecular Hbond substituents is 1. The van der Waals surface area contributed by atoms with Crippen molar-refractivity contribution in [3.63, 3.8) is 0 Å². The maximum absolute atomic E-state index is 13.9. The first-order valence-corrected chi connectivity index (χ1v) is 13.9. The molecule has 242 valence electrons. The number of methoxy groups -OCH3 is 2. The van der Waals surface area contributed by atoms with Crippen molar-refractivity contribution in [2.24, 2.45) is 0 Å². The number of aliphatic hydroxyl groups excluding tert-OH is 6. The lowest BCUT2D eigenvalue weighted by atomic mass is 9.92. The molecule has 3 heterocycles. The Morgan fingerprint density at radius 1 is 0.795 bits per heavy atom. The maximum Gasteiger partial charge on any atom is 0.203 e. The lowest BCUT2D eigenvalue weighted by molar-refractivity contribution is -0.333. The Balaban J connectivity index is 1.40. The zero-order valence-corrected chi connectivity index (χ0v) is 24.0. The highest BCUT2D eigenvalue weighted by Crippen LogP contribution is 2.43. The van der Waals surface area contributed by atoms with E-state index in [2.05, 4.69) is 0 Å². The maximum atomic E-state index is 13.9. The Bertz CT molecular complexity index is 1320. The van der Waals surface area contributed by atoms with Gasteiger partial charge in [0, 0.05) is 0 Å². The molecule has 2 aromatic carbocycles. The molecule has 7 N–H and O–H groups in total. The normalized spacial score (nSPS) is 37.2. The van der Waals surface area contributed by atoms with Crippen LogP contribution in [0.4, 0.5) is 0 Å².